The van der Waals surface area contributed by atoms with Gasteiger partial charge in [-0.15, -0.1) is 11.8 Å². The quantitative estimate of drug-likeness (QED) is 0.585. The van der Waals surface area contributed by atoms with Crippen molar-refractivity contribution in [3.8, 4) is 0 Å². The number of aromatic nitrogens is 1. The van der Waals surface area contributed by atoms with E-state index in [2.05, 4.69) is 4.98 Å². The third kappa shape index (κ3) is 2.29. The third-order valence-corrected chi connectivity index (χ3v) is 2.36. The number of nitrogens with zero attached hydrogens (tertiary/aromatic N) is 1. The molecule has 0 radical (unpaired) electrons. The molecule has 0 saturated heterocycles. The van der Waals surface area contributed by atoms with Gasteiger partial charge >= 0.3 is 0 Å². The van der Waals surface area contributed by atoms with Gasteiger partial charge in [0.1, 0.15) is 5.03 Å². The van der Waals surface area contributed by atoms with Crippen LogP contribution in [0.3, 0.4) is 0 Å². The van der Waals surface area contributed by atoms with Crippen molar-refractivity contribution in [3.05, 3.63) is 23.9 Å². The molecule has 70 valence electrons. The normalized spacial score (nSPS) is 12.5. The molecule has 0 aromatic carbocycles. The van der Waals surface area contributed by atoms with Crippen LogP contribution in [0.5, 0.6) is 0 Å². The largest absolute Gasteiger partial charge is 0.321 e. The molecule has 2 N–H and O–H groups in total. The number of carbonyl (C=O) groups excluding carboxylic acids is 1. The van der Waals surface area contributed by atoms with E-state index in [1.807, 2.05) is 6.26 Å². The first-order valence-corrected chi connectivity index (χ1v) is 5.18. The average Bonchev–Trinajstić information content (AvgIpc) is 2.16. The van der Waals surface area contributed by atoms with Gasteiger partial charge in [0.15, 0.2) is 5.78 Å². The molecule has 0 saturated carbocycles. The summed E-state index contributed by atoms with van der Waals surface area (Å²) in [5, 5.41) is 0.741. The molecular formula is C9H12N2OS. The lowest BCUT2D eigenvalue weighted by Crippen LogP contribution is -2.27. The van der Waals surface area contributed by atoms with E-state index in [-0.39, 0.29) is 5.78 Å². The smallest absolute Gasteiger partial charge is 0.181 e. The minimum atomic E-state index is -0.463. The van der Waals surface area contributed by atoms with Gasteiger partial charge in [-0.05, 0) is 25.3 Å². The summed E-state index contributed by atoms with van der Waals surface area (Å²) in [4.78, 5) is 15.6. The lowest BCUT2D eigenvalue weighted by atomic mass is 10.1. The van der Waals surface area contributed by atoms with Crippen LogP contribution in [0, 0.1) is 0 Å². The number of pyridine rings is 1. The van der Waals surface area contributed by atoms with E-state index < -0.39 is 6.04 Å². The Morgan fingerprint density at radius 2 is 2.38 bits per heavy atom. The molecule has 0 bridgehead atoms. The van der Waals surface area contributed by atoms with Crippen molar-refractivity contribution in [1.82, 2.24) is 4.98 Å². The maximum atomic E-state index is 11.5. The Kier molecular flexibility index (Phi) is 3.45. The molecule has 4 heteroatoms. The number of Topliss-reactive ketones (excluding diaryl/α,β-unsaturated/α-hetero) is 1. The van der Waals surface area contributed by atoms with Gasteiger partial charge in [0, 0.05) is 6.20 Å². The van der Waals surface area contributed by atoms with Crippen LogP contribution in [0.2, 0.25) is 0 Å². The highest BCUT2D eigenvalue weighted by atomic mass is 32.2. The van der Waals surface area contributed by atoms with Crippen LogP contribution in [-0.2, 0) is 0 Å². The van der Waals surface area contributed by atoms with Crippen LogP contribution >= 0.6 is 11.8 Å². The number of rotatable bonds is 3. The van der Waals surface area contributed by atoms with Crippen LogP contribution in [0.1, 0.15) is 17.3 Å². The maximum absolute atomic E-state index is 11.5. The molecular weight excluding hydrogens is 184 g/mol. The SMILES string of the molecule is CSc1ncccc1C(=O)C(C)N. The second kappa shape index (κ2) is 4.39. The Balaban J connectivity index is 3.06. The Morgan fingerprint density at radius 1 is 1.69 bits per heavy atom. The number of carbonyl (C=O) groups is 1. The van der Waals surface area contributed by atoms with Crippen molar-refractivity contribution in [2.24, 2.45) is 5.73 Å². The van der Waals surface area contributed by atoms with Crippen molar-refractivity contribution in [2.75, 3.05) is 6.26 Å². The van der Waals surface area contributed by atoms with Gasteiger partial charge in [0.2, 0.25) is 0 Å². The molecule has 0 fully saturated rings. The number of hydrogen-bond donors (Lipinski definition) is 1. The molecule has 1 aromatic rings. The Morgan fingerprint density at radius 3 is 2.92 bits per heavy atom. The van der Waals surface area contributed by atoms with Gasteiger partial charge in [-0.3, -0.25) is 4.79 Å². The highest BCUT2D eigenvalue weighted by Crippen LogP contribution is 2.17. The van der Waals surface area contributed by atoms with Crippen molar-refractivity contribution in [1.29, 1.82) is 0 Å². The van der Waals surface area contributed by atoms with Crippen LogP contribution < -0.4 is 5.73 Å². The maximum Gasteiger partial charge on any atom is 0.181 e. The molecule has 0 aliphatic rings. The van der Waals surface area contributed by atoms with Gasteiger partial charge in [-0.25, -0.2) is 4.98 Å². The zero-order valence-corrected chi connectivity index (χ0v) is 8.47. The summed E-state index contributed by atoms with van der Waals surface area (Å²) in [6.45, 7) is 1.68. The van der Waals surface area contributed by atoms with Crippen molar-refractivity contribution < 1.29 is 4.79 Å². The van der Waals surface area contributed by atoms with E-state index >= 15 is 0 Å². The van der Waals surface area contributed by atoms with Crippen molar-refractivity contribution in [3.63, 3.8) is 0 Å². The molecule has 1 unspecified atom stereocenters. The predicted molar refractivity (Wildman–Crippen MR) is 54.0 cm³/mol. The highest BCUT2D eigenvalue weighted by Gasteiger charge is 2.14. The van der Waals surface area contributed by atoms with Gasteiger partial charge < -0.3 is 5.73 Å². The predicted octanol–water partition coefficient (Wildman–Crippen LogP) is 1.33. The molecule has 1 rings (SSSR count). The molecule has 0 spiro atoms. The monoisotopic (exact) mass is 196 g/mol. The van der Waals surface area contributed by atoms with E-state index in [1.165, 1.54) is 11.8 Å². The van der Waals surface area contributed by atoms with Gasteiger partial charge in [-0.1, -0.05) is 0 Å². The van der Waals surface area contributed by atoms with Crippen LogP contribution in [0.25, 0.3) is 0 Å². The van der Waals surface area contributed by atoms with Crippen molar-refractivity contribution >= 4 is 17.5 Å². The van der Waals surface area contributed by atoms with Crippen LogP contribution in [0.4, 0.5) is 0 Å². The lowest BCUT2D eigenvalue weighted by molar-refractivity contribution is 0.0964. The van der Waals surface area contributed by atoms with Gasteiger partial charge in [-0.2, -0.15) is 0 Å². The standard InChI is InChI=1S/C9H12N2OS/c1-6(10)8(12)7-4-3-5-11-9(7)13-2/h3-6H,10H2,1-2H3. The van der Waals surface area contributed by atoms with Gasteiger partial charge in [0.25, 0.3) is 0 Å². The summed E-state index contributed by atoms with van der Waals surface area (Å²) in [6, 6.07) is 3.04. The van der Waals surface area contributed by atoms with Crippen LogP contribution in [0.15, 0.2) is 23.4 Å². The summed E-state index contributed by atoms with van der Waals surface area (Å²) in [6.07, 6.45) is 3.56. The summed E-state index contributed by atoms with van der Waals surface area (Å²) in [5.74, 6) is -0.0579. The molecule has 0 aliphatic carbocycles. The topological polar surface area (TPSA) is 56.0 Å². The molecule has 0 amide bonds. The second-order valence-corrected chi connectivity index (χ2v) is 3.51. The molecule has 0 aliphatic heterocycles. The Labute approximate surface area is 81.7 Å². The molecule has 1 heterocycles. The minimum absolute atomic E-state index is 0.0579. The van der Waals surface area contributed by atoms with E-state index in [0.29, 0.717) is 5.56 Å². The summed E-state index contributed by atoms with van der Waals surface area (Å²) < 4.78 is 0. The molecule has 1 atom stereocenters. The number of nitrogens with two attached hydrogens (primary N) is 1. The summed E-state index contributed by atoms with van der Waals surface area (Å²) in [5.41, 5.74) is 6.12. The fraction of sp³-hybridized carbons (Fsp3) is 0.333. The number of thioether (sulfide) groups is 1. The average molecular weight is 196 g/mol. The highest BCUT2D eigenvalue weighted by molar-refractivity contribution is 7.98. The van der Waals surface area contributed by atoms with Crippen LogP contribution in [-0.4, -0.2) is 23.1 Å². The summed E-state index contributed by atoms with van der Waals surface area (Å²) >= 11 is 1.45. The van der Waals surface area contributed by atoms with E-state index in [9.17, 15) is 4.79 Å². The first kappa shape index (κ1) is 10.2. The number of hydrogen-bond acceptors (Lipinski definition) is 4. The molecule has 3 nitrogen and oxygen atoms in total. The second-order valence-electron chi connectivity index (χ2n) is 2.71. The van der Waals surface area contributed by atoms with E-state index in [0.717, 1.165) is 5.03 Å². The van der Waals surface area contributed by atoms with E-state index in [4.69, 9.17) is 5.73 Å². The zero-order chi connectivity index (χ0) is 9.84. The summed E-state index contributed by atoms with van der Waals surface area (Å²) in [7, 11) is 0. The lowest BCUT2D eigenvalue weighted by Gasteiger charge is -2.06. The first-order valence-electron chi connectivity index (χ1n) is 3.95. The third-order valence-electron chi connectivity index (χ3n) is 1.64. The van der Waals surface area contributed by atoms with E-state index in [1.54, 1.807) is 25.3 Å². The Hall–Kier alpha value is -0.870. The van der Waals surface area contributed by atoms with Gasteiger partial charge in [0.05, 0.1) is 11.6 Å². The Bertz CT molecular complexity index is 312. The molecule has 1 aromatic heterocycles. The minimum Gasteiger partial charge on any atom is -0.321 e. The fourth-order valence-corrected chi connectivity index (χ4v) is 1.54. The number of ketones is 1. The zero-order valence-electron chi connectivity index (χ0n) is 7.65. The molecule has 13 heavy (non-hydrogen) atoms. The fourth-order valence-electron chi connectivity index (χ4n) is 0.986. The van der Waals surface area contributed by atoms with Crippen molar-refractivity contribution in [2.45, 2.75) is 18.0 Å². The first-order chi connectivity index (χ1) is 6.16.